The highest BCUT2D eigenvalue weighted by molar-refractivity contribution is 7.91. The van der Waals surface area contributed by atoms with Gasteiger partial charge in [-0.1, -0.05) is 23.2 Å². The number of halogens is 2. The molecule has 1 fully saturated rings. The van der Waals surface area contributed by atoms with Gasteiger partial charge in [0.05, 0.1) is 11.5 Å². The van der Waals surface area contributed by atoms with Crippen LogP contribution in [0.5, 0.6) is 0 Å². The molecule has 128 valence electrons. The van der Waals surface area contributed by atoms with Gasteiger partial charge in [0, 0.05) is 33.5 Å². The van der Waals surface area contributed by atoms with Crippen molar-refractivity contribution in [3.05, 3.63) is 40.0 Å². The summed E-state index contributed by atoms with van der Waals surface area (Å²) in [5, 5.41) is 7.26. The Labute approximate surface area is 150 Å². The molecular weight excluding hydrogens is 371 g/mol. The van der Waals surface area contributed by atoms with Gasteiger partial charge in [0.25, 0.3) is 0 Å². The standard InChI is InChI=1S/C15H16Cl2N4O2S/c1-9-4-14(19-13-6-10(16)5-11(17)7-13)21-15(18-9)20-12-2-3-24(22,23)8-12/h4-7,12H,2-3,8H2,1H3,(H2,18,19,20,21). The lowest BCUT2D eigenvalue weighted by Gasteiger charge is -2.13. The van der Waals surface area contributed by atoms with E-state index in [4.69, 9.17) is 23.2 Å². The van der Waals surface area contributed by atoms with E-state index in [2.05, 4.69) is 20.6 Å². The van der Waals surface area contributed by atoms with Gasteiger partial charge in [0.2, 0.25) is 5.95 Å². The van der Waals surface area contributed by atoms with Crippen molar-refractivity contribution in [3.8, 4) is 0 Å². The van der Waals surface area contributed by atoms with E-state index in [1.807, 2.05) is 6.92 Å². The zero-order valence-corrected chi connectivity index (χ0v) is 15.2. The van der Waals surface area contributed by atoms with Gasteiger partial charge in [-0.05, 0) is 31.5 Å². The van der Waals surface area contributed by atoms with Crippen molar-refractivity contribution in [1.82, 2.24) is 9.97 Å². The molecule has 0 radical (unpaired) electrons. The van der Waals surface area contributed by atoms with Crippen LogP contribution in [0.4, 0.5) is 17.5 Å². The van der Waals surface area contributed by atoms with Crippen LogP contribution in [0.1, 0.15) is 12.1 Å². The summed E-state index contributed by atoms with van der Waals surface area (Å²) in [4.78, 5) is 8.70. The molecule has 1 unspecified atom stereocenters. The Morgan fingerprint density at radius 3 is 2.46 bits per heavy atom. The van der Waals surface area contributed by atoms with Gasteiger partial charge < -0.3 is 10.6 Å². The molecule has 24 heavy (non-hydrogen) atoms. The number of nitrogens with one attached hydrogen (secondary N) is 2. The van der Waals surface area contributed by atoms with Crippen LogP contribution < -0.4 is 10.6 Å². The van der Waals surface area contributed by atoms with E-state index in [9.17, 15) is 8.42 Å². The average molecular weight is 387 g/mol. The number of hydrogen-bond acceptors (Lipinski definition) is 6. The first-order valence-corrected chi connectivity index (χ1v) is 9.92. The quantitative estimate of drug-likeness (QED) is 0.836. The summed E-state index contributed by atoms with van der Waals surface area (Å²) in [5.41, 5.74) is 1.46. The van der Waals surface area contributed by atoms with E-state index >= 15 is 0 Å². The third-order valence-electron chi connectivity index (χ3n) is 3.55. The maximum atomic E-state index is 11.6. The average Bonchev–Trinajstić information content (AvgIpc) is 2.75. The molecular formula is C15H16Cl2N4O2S. The molecule has 9 heteroatoms. The van der Waals surface area contributed by atoms with Crippen molar-refractivity contribution < 1.29 is 8.42 Å². The summed E-state index contributed by atoms with van der Waals surface area (Å²) in [6, 6.07) is 6.74. The van der Waals surface area contributed by atoms with Crippen LogP contribution in [0.3, 0.4) is 0 Å². The molecule has 0 aliphatic carbocycles. The van der Waals surface area contributed by atoms with Crippen LogP contribution in [0.15, 0.2) is 24.3 Å². The maximum Gasteiger partial charge on any atom is 0.225 e. The molecule has 1 atom stereocenters. The lowest BCUT2D eigenvalue weighted by molar-refractivity contribution is 0.602. The van der Waals surface area contributed by atoms with Crippen LogP contribution >= 0.6 is 23.2 Å². The number of sulfone groups is 1. The fourth-order valence-electron chi connectivity index (χ4n) is 2.56. The summed E-state index contributed by atoms with van der Waals surface area (Å²) in [6.07, 6.45) is 0.562. The fraction of sp³-hybridized carbons (Fsp3) is 0.333. The van der Waals surface area contributed by atoms with Crippen molar-refractivity contribution in [3.63, 3.8) is 0 Å². The second-order valence-corrected chi connectivity index (χ2v) is 8.85. The summed E-state index contributed by atoms with van der Waals surface area (Å²) in [6.45, 7) is 1.84. The number of benzene rings is 1. The molecule has 1 aliphatic rings. The summed E-state index contributed by atoms with van der Waals surface area (Å²) in [7, 11) is -2.96. The first-order valence-electron chi connectivity index (χ1n) is 7.35. The Morgan fingerprint density at radius 2 is 1.83 bits per heavy atom. The number of rotatable bonds is 4. The monoisotopic (exact) mass is 386 g/mol. The fourth-order valence-corrected chi connectivity index (χ4v) is 4.76. The molecule has 1 saturated heterocycles. The van der Waals surface area contributed by atoms with E-state index in [1.165, 1.54) is 0 Å². The van der Waals surface area contributed by atoms with Crippen molar-refractivity contribution >= 4 is 50.5 Å². The molecule has 1 aliphatic heterocycles. The van der Waals surface area contributed by atoms with Gasteiger partial charge in [-0.25, -0.2) is 13.4 Å². The maximum absolute atomic E-state index is 11.6. The van der Waals surface area contributed by atoms with Crippen LogP contribution in [0.2, 0.25) is 10.0 Å². The van der Waals surface area contributed by atoms with Crippen molar-refractivity contribution in [2.75, 3.05) is 22.1 Å². The van der Waals surface area contributed by atoms with Crippen molar-refractivity contribution in [2.45, 2.75) is 19.4 Å². The summed E-state index contributed by atoms with van der Waals surface area (Å²) in [5.74, 6) is 1.27. The Bertz CT molecular complexity index is 854. The molecule has 2 aromatic rings. The lowest BCUT2D eigenvalue weighted by atomic mass is 10.3. The highest BCUT2D eigenvalue weighted by Gasteiger charge is 2.28. The highest BCUT2D eigenvalue weighted by atomic mass is 35.5. The predicted octanol–water partition coefficient (Wildman–Crippen LogP) is 3.43. The molecule has 3 rings (SSSR count). The Balaban J connectivity index is 1.78. The van der Waals surface area contributed by atoms with Crippen molar-refractivity contribution in [1.29, 1.82) is 0 Å². The van der Waals surface area contributed by atoms with Crippen LogP contribution in [0.25, 0.3) is 0 Å². The molecule has 6 nitrogen and oxygen atoms in total. The number of nitrogens with zero attached hydrogens (tertiary/aromatic N) is 2. The minimum atomic E-state index is -2.96. The Hall–Kier alpha value is -1.57. The minimum absolute atomic E-state index is 0.108. The van der Waals surface area contributed by atoms with Crippen LogP contribution in [0, 0.1) is 6.92 Å². The van der Waals surface area contributed by atoms with E-state index in [-0.39, 0.29) is 17.5 Å². The highest BCUT2D eigenvalue weighted by Crippen LogP contribution is 2.25. The van der Waals surface area contributed by atoms with Gasteiger partial charge in [0.1, 0.15) is 5.82 Å². The number of anilines is 3. The Kier molecular flexibility index (Phi) is 4.85. The smallest absolute Gasteiger partial charge is 0.225 e. The molecule has 2 N–H and O–H groups in total. The summed E-state index contributed by atoms with van der Waals surface area (Å²) >= 11 is 12.0. The zero-order chi connectivity index (χ0) is 17.3. The van der Waals surface area contributed by atoms with E-state index in [0.29, 0.717) is 33.9 Å². The number of hydrogen-bond donors (Lipinski definition) is 2. The van der Waals surface area contributed by atoms with Gasteiger partial charge in [0.15, 0.2) is 9.84 Å². The second kappa shape index (κ2) is 6.74. The van der Waals surface area contributed by atoms with Crippen molar-refractivity contribution in [2.24, 2.45) is 0 Å². The predicted molar refractivity (Wildman–Crippen MR) is 97.2 cm³/mol. The third-order valence-corrected chi connectivity index (χ3v) is 5.76. The lowest BCUT2D eigenvalue weighted by Crippen LogP contribution is -2.22. The minimum Gasteiger partial charge on any atom is -0.350 e. The third kappa shape index (κ3) is 4.49. The van der Waals surface area contributed by atoms with E-state index < -0.39 is 9.84 Å². The first-order chi connectivity index (χ1) is 11.3. The molecule has 0 saturated carbocycles. The van der Waals surface area contributed by atoms with Crippen LogP contribution in [-0.4, -0.2) is 35.9 Å². The topological polar surface area (TPSA) is 84.0 Å². The number of aromatic nitrogens is 2. The van der Waals surface area contributed by atoms with Gasteiger partial charge in [-0.15, -0.1) is 0 Å². The SMILES string of the molecule is Cc1cc(Nc2cc(Cl)cc(Cl)c2)nc(NC2CCS(=O)(=O)C2)n1. The molecule has 0 bridgehead atoms. The molecule has 0 spiro atoms. The van der Waals surface area contributed by atoms with Gasteiger partial charge >= 0.3 is 0 Å². The Morgan fingerprint density at radius 1 is 1.12 bits per heavy atom. The normalized spacial score (nSPS) is 19.2. The molecule has 2 heterocycles. The van der Waals surface area contributed by atoms with Crippen LogP contribution in [-0.2, 0) is 9.84 Å². The molecule has 1 aromatic carbocycles. The van der Waals surface area contributed by atoms with Gasteiger partial charge in [-0.2, -0.15) is 4.98 Å². The first kappa shape index (κ1) is 17.3. The number of aryl methyl sites for hydroxylation is 1. The van der Waals surface area contributed by atoms with Gasteiger partial charge in [-0.3, -0.25) is 0 Å². The summed E-state index contributed by atoms with van der Waals surface area (Å²) < 4.78 is 23.1. The molecule has 0 amide bonds. The second-order valence-electron chi connectivity index (χ2n) is 5.75. The van der Waals surface area contributed by atoms with E-state index in [0.717, 1.165) is 5.69 Å². The largest absolute Gasteiger partial charge is 0.350 e. The van der Waals surface area contributed by atoms with E-state index in [1.54, 1.807) is 24.3 Å². The molecule has 1 aromatic heterocycles. The zero-order valence-electron chi connectivity index (χ0n) is 12.9.